The van der Waals surface area contributed by atoms with Crippen molar-refractivity contribution in [2.24, 2.45) is 0 Å². The summed E-state index contributed by atoms with van der Waals surface area (Å²) >= 11 is 19.1. The van der Waals surface area contributed by atoms with Gasteiger partial charge in [-0.2, -0.15) is 8.75 Å². The zero-order valence-corrected chi connectivity index (χ0v) is 12.4. The quantitative estimate of drug-likeness (QED) is 0.689. The number of rotatable bonds is 3. The van der Waals surface area contributed by atoms with E-state index in [0.29, 0.717) is 39.1 Å². The van der Waals surface area contributed by atoms with Gasteiger partial charge in [0.15, 0.2) is 0 Å². The number of nitrogens with zero attached hydrogens (tertiary/aromatic N) is 5. The summed E-state index contributed by atoms with van der Waals surface area (Å²) < 4.78 is 9.94. The lowest BCUT2D eigenvalue weighted by atomic mass is 10.2. The molecular formula is C10H6Cl3N5S. The summed E-state index contributed by atoms with van der Waals surface area (Å²) in [5.41, 5.74) is 2.64. The van der Waals surface area contributed by atoms with E-state index in [0.717, 1.165) is 17.4 Å². The molecular weight excluding hydrogens is 329 g/mol. The fraction of sp³-hybridized carbons (Fsp3) is 0.200. The standard InChI is InChI=1S/C10H6Cl3N5S/c11-2-1-5-4-18(17-14-5)10-7(13)3-6(12)8-9(10)16-19-15-8/h3-4H,1-2H2. The Morgan fingerprint density at radius 1 is 1.16 bits per heavy atom. The zero-order chi connectivity index (χ0) is 13.4. The van der Waals surface area contributed by atoms with E-state index in [1.165, 1.54) is 0 Å². The van der Waals surface area contributed by atoms with E-state index in [4.69, 9.17) is 34.8 Å². The number of hydrogen-bond acceptors (Lipinski definition) is 5. The molecule has 0 N–H and O–H groups in total. The van der Waals surface area contributed by atoms with Gasteiger partial charge in [-0.05, 0) is 6.07 Å². The van der Waals surface area contributed by atoms with Crippen molar-refractivity contribution in [2.45, 2.75) is 6.42 Å². The molecule has 0 spiro atoms. The molecule has 98 valence electrons. The fourth-order valence-corrected chi connectivity index (χ4v) is 3.09. The van der Waals surface area contributed by atoms with Gasteiger partial charge in [0.05, 0.1) is 33.7 Å². The van der Waals surface area contributed by atoms with Gasteiger partial charge >= 0.3 is 0 Å². The number of aryl methyl sites for hydroxylation is 1. The molecule has 3 rings (SSSR count). The number of hydrogen-bond donors (Lipinski definition) is 0. The van der Waals surface area contributed by atoms with E-state index in [1.807, 2.05) is 0 Å². The molecule has 0 aliphatic heterocycles. The normalized spacial score (nSPS) is 11.3. The highest BCUT2D eigenvalue weighted by molar-refractivity contribution is 7.00. The van der Waals surface area contributed by atoms with Crippen LogP contribution in [0.4, 0.5) is 0 Å². The molecule has 0 bridgehead atoms. The number of alkyl halides is 1. The molecule has 0 aliphatic carbocycles. The highest BCUT2D eigenvalue weighted by atomic mass is 35.5. The van der Waals surface area contributed by atoms with Crippen LogP contribution in [0.5, 0.6) is 0 Å². The van der Waals surface area contributed by atoms with Crippen LogP contribution in [-0.2, 0) is 6.42 Å². The van der Waals surface area contributed by atoms with Crippen molar-refractivity contribution in [3.63, 3.8) is 0 Å². The maximum Gasteiger partial charge on any atom is 0.133 e. The van der Waals surface area contributed by atoms with Crippen molar-refractivity contribution in [1.29, 1.82) is 0 Å². The molecule has 19 heavy (non-hydrogen) atoms. The highest BCUT2D eigenvalue weighted by Crippen LogP contribution is 2.33. The van der Waals surface area contributed by atoms with Crippen molar-refractivity contribution in [1.82, 2.24) is 23.7 Å². The van der Waals surface area contributed by atoms with Crippen molar-refractivity contribution >= 4 is 57.6 Å². The molecule has 0 unspecified atom stereocenters. The Kier molecular flexibility index (Phi) is 3.58. The smallest absolute Gasteiger partial charge is 0.133 e. The lowest BCUT2D eigenvalue weighted by molar-refractivity contribution is 0.801. The lowest BCUT2D eigenvalue weighted by Gasteiger charge is -2.04. The molecule has 2 heterocycles. The molecule has 0 radical (unpaired) electrons. The molecule has 0 amide bonds. The van der Waals surface area contributed by atoms with Gasteiger partial charge < -0.3 is 0 Å². The monoisotopic (exact) mass is 333 g/mol. The number of benzene rings is 1. The first-order valence-electron chi connectivity index (χ1n) is 5.28. The first kappa shape index (κ1) is 13.1. The predicted octanol–water partition coefficient (Wildman–Crippen LogP) is 3.36. The summed E-state index contributed by atoms with van der Waals surface area (Å²) in [5.74, 6) is 0.487. The Morgan fingerprint density at radius 2 is 1.95 bits per heavy atom. The molecule has 0 fully saturated rings. The van der Waals surface area contributed by atoms with Gasteiger partial charge in [0.2, 0.25) is 0 Å². The van der Waals surface area contributed by atoms with Gasteiger partial charge in [-0.25, -0.2) is 4.68 Å². The molecule has 9 heteroatoms. The average molecular weight is 335 g/mol. The lowest BCUT2D eigenvalue weighted by Crippen LogP contribution is -1.98. The zero-order valence-electron chi connectivity index (χ0n) is 9.35. The summed E-state index contributed by atoms with van der Waals surface area (Å²) in [6.07, 6.45) is 2.42. The third kappa shape index (κ3) is 2.29. The van der Waals surface area contributed by atoms with Crippen LogP contribution in [0.3, 0.4) is 0 Å². The van der Waals surface area contributed by atoms with Crippen LogP contribution < -0.4 is 0 Å². The molecule has 5 nitrogen and oxygen atoms in total. The van der Waals surface area contributed by atoms with E-state index in [-0.39, 0.29) is 0 Å². The minimum atomic E-state index is 0.451. The number of aromatic nitrogens is 5. The van der Waals surface area contributed by atoms with Gasteiger partial charge in [-0.3, -0.25) is 0 Å². The Morgan fingerprint density at radius 3 is 2.74 bits per heavy atom. The number of halogens is 3. The van der Waals surface area contributed by atoms with Gasteiger partial charge in [-0.1, -0.05) is 28.4 Å². The third-order valence-corrected chi connectivity index (χ3v) is 3.83. The topological polar surface area (TPSA) is 56.5 Å². The van der Waals surface area contributed by atoms with Crippen LogP contribution in [0.15, 0.2) is 12.3 Å². The second-order valence-corrected chi connectivity index (χ2v) is 5.46. The van der Waals surface area contributed by atoms with Crippen molar-refractivity contribution < 1.29 is 0 Å². The minimum absolute atomic E-state index is 0.451. The number of fused-ring (bicyclic) bond motifs is 1. The van der Waals surface area contributed by atoms with Crippen LogP contribution in [0, 0.1) is 0 Å². The Balaban J connectivity index is 2.20. The summed E-state index contributed by atoms with van der Waals surface area (Å²) in [6.45, 7) is 0. The third-order valence-electron chi connectivity index (χ3n) is 2.54. The molecule has 3 aromatic rings. The summed E-state index contributed by atoms with van der Waals surface area (Å²) in [7, 11) is 0. The van der Waals surface area contributed by atoms with E-state index in [1.54, 1.807) is 16.9 Å². The Labute approximate surface area is 127 Å². The summed E-state index contributed by atoms with van der Waals surface area (Å²) in [5, 5.41) is 8.99. The van der Waals surface area contributed by atoms with Gasteiger partial charge in [0, 0.05) is 12.3 Å². The predicted molar refractivity (Wildman–Crippen MR) is 76.8 cm³/mol. The molecule has 0 aliphatic rings. The SMILES string of the molecule is ClCCc1cn(-c2c(Cl)cc(Cl)c3nsnc23)nn1. The average Bonchev–Trinajstić information content (AvgIpc) is 2.99. The highest BCUT2D eigenvalue weighted by Gasteiger charge is 2.16. The first-order chi connectivity index (χ1) is 9.20. The summed E-state index contributed by atoms with van der Waals surface area (Å²) in [4.78, 5) is 0. The molecule has 1 aromatic carbocycles. The Hall–Kier alpha value is -0.950. The second-order valence-electron chi connectivity index (χ2n) is 3.74. The first-order valence-corrected chi connectivity index (χ1v) is 7.30. The van der Waals surface area contributed by atoms with Gasteiger partial charge in [0.25, 0.3) is 0 Å². The van der Waals surface area contributed by atoms with Gasteiger partial charge in [0.1, 0.15) is 16.7 Å². The van der Waals surface area contributed by atoms with Crippen LogP contribution in [0.2, 0.25) is 10.0 Å². The van der Waals surface area contributed by atoms with E-state index in [2.05, 4.69) is 19.1 Å². The van der Waals surface area contributed by atoms with Crippen LogP contribution >= 0.6 is 46.5 Å². The Bertz CT molecular complexity index is 738. The summed E-state index contributed by atoms with van der Waals surface area (Å²) in [6, 6.07) is 1.63. The molecule has 0 saturated heterocycles. The van der Waals surface area contributed by atoms with Crippen molar-refractivity contribution in [3.8, 4) is 5.69 Å². The minimum Gasteiger partial charge on any atom is -0.217 e. The fourth-order valence-electron chi connectivity index (χ4n) is 1.70. The van der Waals surface area contributed by atoms with E-state index in [9.17, 15) is 0 Å². The van der Waals surface area contributed by atoms with Crippen LogP contribution in [-0.4, -0.2) is 29.6 Å². The maximum atomic E-state index is 6.22. The van der Waals surface area contributed by atoms with Crippen LogP contribution in [0.25, 0.3) is 16.7 Å². The van der Waals surface area contributed by atoms with Crippen molar-refractivity contribution in [2.75, 3.05) is 5.88 Å². The molecule has 0 atom stereocenters. The van der Waals surface area contributed by atoms with Gasteiger partial charge in [-0.15, -0.1) is 16.7 Å². The molecule has 0 saturated carbocycles. The van der Waals surface area contributed by atoms with E-state index < -0.39 is 0 Å². The van der Waals surface area contributed by atoms with Crippen LogP contribution in [0.1, 0.15) is 5.69 Å². The van der Waals surface area contributed by atoms with Crippen molar-refractivity contribution in [3.05, 3.63) is 28.0 Å². The van der Waals surface area contributed by atoms with E-state index >= 15 is 0 Å². The molecule has 2 aromatic heterocycles. The largest absolute Gasteiger partial charge is 0.217 e. The maximum absolute atomic E-state index is 6.22. The second kappa shape index (κ2) is 5.20.